The van der Waals surface area contributed by atoms with Crippen molar-refractivity contribution in [1.82, 2.24) is 9.88 Å². The molecular weight excluding hydrogens is 285 g/mol. The second-order valence-corrected chi connectivity index (χ2v) is 5.03. The molecule has 1 N–H and O–H groups in total. The number of hydrogen-bond acceptors (Lipinski definition) is 2. The van der Waals surface area contributed by atoms with Gasteiger partial charge in [-0.25, -0.2) is 4.39 Å². The Bertz CT molecular complexity index is 712. The number of ether oxygens (including phenoxy) is 1. The Labute approximate surface area is 118 Å². The highest BCUT2D eigenvalue weighted by atomic mass is 19.3. The molecule has 1 aliphatic heterocycles. The number of carbonyl (C=O) groups excluding carboxylic acids is 1. The van der Waals surface area contributed by atoms with Crippen molar-refractivity contribution in [2.24, 2.45) is 0 Å². The molecule has 0 spiro atoms. The van der Waals surface area contributed by atoms with E-state index in [1.807, 2.05) is 0 Å². The Hall–Kier alpha value is -2.02. The summed E-state index contributed by atoms with van der Waals surface area (Å²) < 4.78 is 43.9. The van der Waals surface area contributed by atoms with Crippen molar-refractivity contribution in [2.45, 2.75) is 13.0 Å². The Morgan fingerprint density at radius 2 is 2.19 bits per heavy atom. The van der Waals surface area contributed by atoms with Crippen LogP contribution < -0.4 is 0 Å². The normalized spacial score (nSPS) is 18.2. The predicted molar refractivity (Wildman–Crippen MR) is 69.8 cm³/mol. The first kappa shape index (κ1) is 13.9. The van der Waals surface area contributed by atoms with Crippen LogP contribution in [0.1, 0.15) is 16.1 Å². The van der Waals surface area contributed by atoms with Gasteiger partial charge in [0.25, 0.3) is 5.91 Å². The standard InChI is InChI=1S/C14H13F3N2O2/c1-8-10-3-2-9(15)6-11(10)18-12(8)13(20)19-4-5-21-14(16,17)7-19/h2-3,6,18H,4-5,7H2,1H3. The van der Waals surface area contributed by atoms with Crippen molar-refractivity contribution in [3.8, 4) is 0 Å². The van der Waals surface area contributed by atoms with E-state index < -0.39 is 24.4 Å². The maximum atomic E-state index is 13.2. The van der Waals surface area contributed by atoms with Crippen LogP contribution in [0.25, 0.3) is 10.9 Å². The van der Waals surface area contributed by atoms with Gasteiger partial charge in [0.15, 0.2) is 0 Å². The van der Waals surface area contributed by atoms with Crippen molar-refractivity contribution in [1.29, 1.82) is 0 Å². The van der Waals surface area contributed by atoms with Crippen LogP contribution in [0.15, 0.2) is 18.2 Å². The average molecular weight is 298 g/mol. The monoisotopic (exact) mass is 298 g/mol. The third kappa shape index (κ3) is 2.49. The molecule has 1 aliphatic rings. The topological polar surface area (TPSA) is 45.3 Å². The van der Waals surface area contributed by atoms with Crippen LogP contribution in [-0.2, 0) is 4.74 Å². The van der Waals surface area contributed by atoms with Gasteiger partial charge in [0.2, 0.25) is 0 Å². The van der Waals surface area contributed by atoms with E-state index in [1.165, 1.54) is 12.1 Å². The number of rotatable bonds is 1. The summed E-state index contributed by atoms with van der Waals surface area (Å²) >= 11 is 0. The van der Waals surface area contributed by atoms with E-state index in [1.54, 1.807) is 13.0 Å². The fourth-order valence-electron chi connectivity index (χ4n) is 2.51. The summed E-state index contributed by atoms with van der Waals surface area (Å²) in [5.41, 5.74) is 1.29. The third-order valence-electron chi connectivity index (χ3n) is 3.57. The zero-order valence-corrected chi connectivity index (χ0v) is 11.3. The van der Waals surface area contributed by atoms with E-state index >= 15 is 0 Å². The van der Waals surface area contributed by atoms with E-state index in [0.29, 0.717) is 16.5 Å². The van der Waals surface area contributed by atoms with Crippen molar-refractivity contribution in [3.63, 3.8) is 0 Å². The third-order valence-corrected chi connectivity index (χ3v) is 3.57. The van der Waals surface area contributed by atoms with Crippen molar-refractivity contribution in [3.05, 3.63) is 35.3 Å². The quantitative estimate of drug-likeness (QED) is 0.880. The Morgan fingerprint density at radius 3 is 2.90 bits per heavy atom. The number of fused-ring (bicyclic) bond motifs is 1. The zero-order valence-electron chi connectivity index (χ0n) is 11.3. The van der Waals surface area contributed by atoms with Crippen LogP contribution in [0.2, 0.25) is 0 Å². The van der Waals surface area contributed by atoms with Gasteiger partial charge in [0.1, 0.15) is 18.1 Å². The second-order valence-electron chi connectivity index (χ2n) is 5.03. The summed E-state index contributed by atoms with van der Waals surface area (Å²) in [5.74, 6) is -0.965. The highest BCUT2D eigenvalue weighted by molar-refractivity contribution is 6.00. The van der Waals surface area contributed by atoms with Crippen LogP contribution >= 0.6 is 0 Å². The first-order valence-electron chi connectivity index (χ1n) is 6.46. The molecule has 1 aromatic carbocycles. The van der Waals surface area contributed by atoms with Crippen LogP contribution in [0.5, 0.6) is 0 Å². The van der Waals surface area contributed by atoms with Gasteiger partial charge in [0.05, 0.1) is 6.61 Å². The minimum Gasteiger partial charge on any atom is -0.350 e. The molecule has 1 saturated heterocycles. The molecule has 0 bridgehead atoms. The minimum atomic E-state index is -3.33. The number of halogens is 3. The predicted octanol–water partition coefficient (Wildman–Crippen LogP) is 2.68. The minimum absolute atomic E-state index is 0.0948. The van der Waals surface area contributed by atoms with E-state index in [-0.39, 0.29) is 18.8 Å². The molecule has 112 valence electrons. The van der Waals surface area contributed by atoms with Gasteiger partial charge in [0, 0.05) is 17.4 Å². The first-order valence-corrected chi connectivity index (χ1v) is 6.46. The van der Waals surface area contributed by atoms with Gasteiger partial charge in [-0.05, 0) is 30.7 Å². The number of aryl methyl sites for hydroxylation is 1. The van der Waals surface area contributed by atoms with Gasteiger partial charge in [-0.15, -0.1) is 0 Å². The molecule has 0 aliphatic carbocycles. The fraction of sp³-hybridized carbons (Fsp3) is 0.357. The van der Waals surface area contributed by atoms with Gasteiger partial charge in [-0.1, -0.05) is 0 Å². The lowest BCUT2D eigenvalue weighted by atomic mass is 10.1. The lowest BCUT2D eigenvalue weighted by Crippen LogP contribution is -2.49. The largest absolute Gasteiger partial charge is 0.373 e. The number of H-pyrrole nitrogens is 1. The number of carbonyl (C=O) groups is 1. The summed E-state index contributed by atoms with van der Waals surface area (Å²) in [6.07, 6.45) is -3.33. The zero-order chi connectivity index (χ0) is 15.2. The average Bonchev–Trinajstić information content (AvgIpc) is 2.73. The molecule has 1 amide bonds. The molecule has 0 atom stereocenters. The van der Waals surface area contributed by atoms with E-state index in [4.69, 9.17) is 0 Å². The lowest BCUT2D eigenvalue weighted by molar-refractivity contribution is -0.263. The fourth-order valence-corrected chi connectivity index (χ4v) is 2.51. The molecule has 1 aromatic heterocycles. The Morgan fingerprint density at radius 1 is 1.43 bits per heavy atom. The molecule has 4 nitrogen and oxygen atoms in total. The summed E-state index contributed by atoms with van der Waals surface area (Å²) in [4.78, 5) is 16.2. The van der Waals surface area contributed by atoms with Gasteiger partial charge >= 0.3 is 6.11 Å². The highest BCUT2D eigenvalue weighted by Gasteiger charge is 2.39. The second kappa shape index (κ2) is 4.77. The summed E-state index contributed by atoms with van der Waals surface area (Å²) in [7, 11) is 0. The van der Waals surface area contributed by atoms with Crippen molar-refractivity contribution < 1.29 is 22.7 Å². The number of hydrogen-bond donors (Lipinski definition) is 1. The van der Waals surface area contributed by atoms with E-state index in [9.17, 15) is 18.0 Å². The van der Waals surface area contributed by atoms with Crippen LogP contribution in [0.3, 0.4) is 0 Å². The molecule has 7 heteroatoms. The molecule has 2 aromatic rings. The summed E-state index contributed by atoms with van der Waals surface area (Å²) in [6, 6.07) is 4.12. The molecule has 0 unspecified atom stereocenters. The number of aromatic nitrogens is 1. The molecular formula is C14H13F3N2O2. The molecule has 3 rings (SSSR count). The van der Waals surface area contributed by atoms with Crippen LogP contribution in [0, 0.1) is 12.7 Å². The number of nitrogens with zero attached hydrogens (tertiary/aromatic N) is 1. The molecule has 2 heterocycles. The van der Waals surface area contributed by atoms with Gasteiger partial charge in [-0.2, -0.15) is 8.78 Å². The van der Waals surface area contributed by atoms with Crippen LogP contribution in [0.4, 0.5) is 13.2 Å². The lowest BCUT2D eigenvalue weighted by Gasteiger charge is -2.32. The number of morpholine rings is 1. The SMILES string of the molecule is Cc1c(C(=O)N2CCOC(F)(F)C2)[nH]c2cc(F)ccc12. The molecule has 0 saturated carbocycles. The Kier molecular flexibility index (Phi) is 3.16. The number of aromatic amines is 1. The number of nitrogens with one attached hydrogen (secondary N) is 1. The first-order chi connectivity index (χ1) is 9.87. The van der Waals surface area contributed by atoms with Gasteiger partial charge < -0.3 is 14.6 Å². The van der Waals surface area contributed by atoms with E-state index in [2.05, 4.69) is 9.72 Å². The van der Waals surface area contributed by atoms with Crippen molar-refractivity contribution in [2.75, 3.05) is 19.7 Å². The number of benzene rings is 1. The summed E-state index contributed by atoms with van der Waals surface area (Å²) in [5, 5.41) is 0.694. The van der Waals surface area contributed by atoms with Crippen molar-refractivity contribution >= 4 is 16.8 Å². The number of amides is 1. The van der Waals surface area contributed by atoms with E-state index in [0.717, 1.165) is 4.90 Å². The maximum absolute atomic E-state index is 13.2. The molecule has 0 radical (unpaired) electrons. The van der Waals surface area contributed by atoms with Gasteiger partial charge in [-0.3, -0.25) is 4.79 Å². The molecule has 1 fully saturated rings. The maximum Gasteiger partial charge on any atom is 0.373 e. The smallest absolute Gasteiger partial charge is 0.350 e. The number of alkyl halides is 2. The molecule has 21 heavy (non-hydrogen) atoms. The van der Waals surface area contributed by atoms with Crippen LogP contribution in [-0.4, -0.2) is 41.6 Å². The highest BCUT2D eigenvalue weighted by Crippen LogP contribution is 2.26. The Balaban J connectivity index is 1.96. The summed E-state index contributed by atoms with van der Waals surface area (Å²) in [6.45, 7) is 0.793.